The van der Waals surface area contributed by atoms with Gasteiger partial charge in [-0.05, 0) is 25.0 Å². The van der Waals surface area contributed by atoms with Crippen LogP contribution in [0.3, 0.4) is 0 Å². The van der Waals surface area contributed by atoms with Crippen LogP contribution in [-0.2, 0) is 5.54 Å². The Morgan fingerprint density at radius 1 is 1.16 bits per heavy atom. The molecular weight excluding hydrogens is 262 g/mol. The molecule has 0 amide bonds. The molecule has 0 bridgehead atoms. The molecule has 19 heavy (non-hydrogen) atoms. The maximum absolute atomic E-state index is 6.38. The highest BCUT2D eigenvalue weighted by Gasteiger charge is 2.35. The molecule has 100 valence electrons. The summed E-state index contributed by atoms with van der Waals surface area (Å²) in [7, 11) is 0. The lowest BCUT2D eigenvalue weighted by Gasteiger charge is -2.29. The van der Waals surface area contributed by atoms with Gasteiger partial charge in [-0.15, -0.1) is 0 Å². The highest BCUT2D eigenvalue weighted by atomic mass is 35.5. The third-order valence-electron chi connectivity index (χ3n) is 3.71. The fraction of sp³-hybridized carbons (Fsp3) is 0.429. The molecule has 0 unspecified atom stereocenters. The molecule has 1 aromatic carbocycles. The van der Waals surface area contributed by atoms with E-state index in [0.29, 0.717) is 16.7 Å². The summed E-state index contributed by atoms with van der Waals surface area (Å²) in [5, 5.41) is 4.63. The Balaban J connectivity index is 1.93. The number of benzene rings is 1. The van der Waals surface area contributed by atoms with Gasteiger partial charge in [0.1, 0.15) is 0 Å². The molecule has 0 saturated heterocycles. The first-order chi connectivity index (χ1) is 9.19. The minimum absolute atomic E-state index is 0.468. The van der Waals surface area contributed by atoms with Gasteiger partial charge in [0.05, 0.1) is 10.6 Å². The molecule has 1 saturated carbocycles. The van der Waals surface area contributed by atoms with Gasteiger partial charge in [-0.25, -0.2) is 0 Å². The molecule has 0 atom stereocenters. The van der Waals surface area contributed by atoms with Crippen LogP contribution in [0.1, 0.15) is 38.0 Å². The van der Waals surface area contributed by atoms with Gasteiger partial charge in [-0.2, -0.15) is 4.98 Å². The van der Waals surface area contributed by atoms with Crippen LogP contribution in [0.25, 0.3) is 11.4 Å². The first-order valence-electron chi connectivity index (χ1n) is 6.57. The van der Waals surface area contributed by atoms with Crippen LogP contribution >= 0.6 is 11.6 Å². The molecule has 0 radical (unpaired) electrons. The minimum atomic E-state index is -0.468. The molecule has 1 aliphatic rings. The van der Waals surface area contributed by atoms with E-state index in [-0.39, 0.29) is 0 Å². The zero-order chi connectivity index (χ0) is 13.3. The van der Waals surface area contributed by atoms with Gasteiger partial charge in [-0.1, -0.05) is 48.2 Å². The Morgan fingerprint density at radius 2 is 1.89 bits per heavy atom. The SMILES string of the molecule is NC1(c2nc(-c3ccccc3Cl)no2)CCCCC1. The van der Waals surface area contributed by atoms with Crippen LogP contribution in [0, 0.1) is 0 Å². The molecule has 2 aromatic rings. The Kier molecular flexibility index (Phi) is 3.29. The van der Waals surface area contributed by atoms with E-state index in [1.54, 1.807) is 0 Å². The fourth-order valence-corrected chi connectivity index (χ4v) is 2.79. The highest BCUT2D eigenvalue weighted by molar-refractivity contribution is 6.33. The lowest BCUT2D eigenvalue weighted by molar-refractivity contribution is 0.220. The second-order valence-electron chi connectivity index (χ2n) is 5.12. The van der Waals surface area contributed by atoms with E-state index in [2.05, 4.69) is 10.1 Å². The van der Waals surface area contributed by atoms with Crippen molar-refractivity contribution in [3.05, 3.63) is 35.2 Å². The Morgan fingerprint density at radius 3 is 2.63 bits per heavy atom. The standard InChI is InChI=1S/C14H16ClN3O/c15-11-7-3-2-6-10(11)12-17-13(19-18-12)14(16)8-4-1-5-9-14/h2-3,6-7H,1,4-5,8-9,16H2. The predicted octanol–water partition coefficient (Wildman–Crippen LogP) is 3.51. The van der Waals surface area contributed by atoms with Crippen LogP contribution in [-0.4, -0.2) is 10.1 Å². The molecule has 0 spiro atoms. The van der Waals surface area contributed by atoms with Crippen molar-refractivity contribution in [3.8, 4) is 11.4 Å². The maximum atomic E-state index is 6.38. The first-order valence-corrected chi connectivity index (χ1v) is 6.95. The first kappa shape index (κ1) is 12.6. The van der Waals surface area contributed by atoms with E-state index in [0.717, 1.165) is 31.2 Å². The van der Waals surface area contributed by atoms with Crippen LogP contribution in [0.5, 0.6) is 0 Å². The predicted molar refractivity (Wildman–Crippen MR) is 73.7 cm³/mol. The Labute approximate surface area is 117 Å². The van der Waals surface area contributed by atoms with Crippen molar-refractivity contribution in [3.63, 3.8) is 0 Å². The topological polar surface area (TPSA) is 64.9 Å². The third-order valence-corrected chi connectivity index (χ3v) is 4.04. The van der Waals surface area contributed by atoms with Crippen molar-refractivity contribution in [2.45, 2.75) is 37.6 Å². The summed E-state index contributed by atoms with van der Waals surface area (Å²) < 4.78 is 5.37. The molecular formula is C14H16ClN3O. The van der Waals surface area contributed by atoms with Gasteiger partial charge in [0.15, 0.2) is 0 Å². The van der Waals surface area contributed by atoms with E-state index < -0.39 is 5.54 Å². The monoisotopic (exact) mass is 277 g/mol. The summed E-state index contributed by atoms with van der Waals surface area (Å²) in [4.78, 5) is 4.45. The number of rotatable bonds is 2. The van der Waals surface area contributed by atoms with Crippen molar-refractivity contribution in [1.29, 1.82) is 0 Å². The number of nitrogens with zero attached hydrogens (tertiary/aromatic N) is 2. The molecule has 0 aliphatic heterocycles. The quantitative estimate of drug-likeness (QED) is 0.912. The summed E-state index contributed by atoms with van der Waals surface area (Å²) in [6, 6.07) is 7.46. The van der Waals surface area contributed by atoms with Crippen LogP contribution in [0.4, 0.5) is 0 Å². The second kappa shape index (κ2) is 4.94. The zero-order valence-corrected chi connectivity index (χ0v) is 11.4. The number of hydrogen-bond donors (Lipinski definition) is 1. The molecule has 1 aromatic heterocycles. The van der Waals surface area contributed by atoms with E-state index >= 15 is 0 Å². The Bertz CT molecular complexity index is 576. The van der Waals surface area contributed by atoms with Gasteiger partial charge in [0.2, 0.25) is 11.7 Å². The maximum Gasteiger partial charge on any atom is 0.247 e. The molecule has 1 heterocycles. The van der Waals surface area contributed by atoms with Crippen LogP contribution < -0.4 is 5.73 Å². The van der Waals surface area contributed by atoms with Gasteiger partial charge in [-0.3, -0.25) is 0 Å². The smallest absolute Gasteiger partial charge is 0.247 e. The van der Waals surface area contributed by atoms with Gasteiger partial charge in [0, 0.05) is 5.56 Å². The van der Waals surface area contributed by atoms with Gasteiger partial charge >= 0.3 is 0 Å². The molecule has 1 aliphatic carbocycles. The van der Waals surface area contributed by atoms with Crippen molar-refractivity contribution >= 4 is 11.6 Å². The summed E-state index contributed by atoms with van der Waals surface area (Å²) in [6.45, 7) is 0. The highest BCUT2D eigenvalue weighted by Crippen LogP contribution is 2.35. The average Bonchev–Trinajstić information content (AvgIpc) is 2.90. The van der Waals surface area contributed by atoms with Crippen molar-refractivity contribution in [2.75, 3.05) is 0 Å². The van der Waals surface area contributed by atoms with E-state index in [1.165, 1.54) is 6.42 Å². The Hall–Kier alpha value is -1.39. The normalized spacial score (nSPS) is 18.4. The summed E-state index contributed by atoms with van der Waals surface area (Å²) in [6.07, 6.45) is 5.25. The lowest BCUT2D eigenvalue weighted by Crippen LogP contribution is -2.38. The number of halogens is 1. The number of aromatic nitrogens is 2. The van der Waals surface area contributed by atoms with Crippen LogP contribution in [0.2, 0.25) is 5.02 Å². The molecule has 4 nitrogen and oxygen atoms in total. The summed E-state index contributed by atoms with van der Waals surface area (Å²) in [5.41, 5.74) is 6.69. The molecule has 5 heteroatoms. The van der Waals surface area contributed by atoms with Crippen molar-refractivity contribution in [2.24, 2.45) is 5.73 Å². The zero-order valence-electron chi connectivity index (χ0n) is 10.6. The number of hydrogen-bond acceptors (Lipinski definition) is 4. The van der Waals surface area contributed by atoms with E-state index in [9.17, 15) is 0 Å². The second-order valence-corrected chi connectivity index (χ2v) is 5.53. The van der Waals surface area contributed by atoms with Gasteiger partial charge in [0.25, 0.3) is 0 Å². The van der Waals surface area contributed by atoms with Gasteiger partial charge < -0.3 is 10.3 Å². The molecule has 1 fully saturated rings. The summed E-state index contributed by atoms with van der Waals surface area (Å²) >= 11 is 6.14. The largest absolute Gasteiger partial charge is 0.337 e. The van der Waals surface area contributed by atoms with E-state index in [1.807, 2.05) is 24.3 Å². The molecule has 3 rings (SSSR count). The minimum Gasteiger partial charge on any atom is -0.337 e. The van der Waals surface area contributed by atoms with Crippen molar-refractivity contribution in [1.82, 2.24) is 10.1 Å². The fourth-order valence-electron chi connectivity index (χ4n) is 2.57. The lowest BCUT2D eigenvalue weighted by atomic mass is 9.82. The molecule has 2 N–H and O–H groups in total. The summed E-state index contributed by atoms with van der Waals surface area (Å²) in [5.74, 6) is 1.04. The van der Waals surface area contributed by atoms with Crippen molar-refractivity contribution < 1.29 is 4.52 Å². The van der Waals surface area contributed by atoms with E-state index in [4.69, 9.17) is 21.9 Å². The average molecular weight is 278 g/mol. The number of nitrogens with two attached hydrogens (primary N) is 1. The van der Waals surface area contributed by atoms with Crippen LogP contribution in [0.15, 0.2) is 28.8 Å². The third kappa shape index (κ3) is 2.38.